The molecule has 3 rings (SSSR count). The molecule has 0 aliphatic heterocycles. The van der Waals surface area contributed by atoms with Crippen LogP contribution in [-0.2, 0) is 22.5 Å². The second-order valence-corrected chi connectivity index (χ2v) is 8.60. The molecule has 150 valence electrons. The van der Waals surface area contributed by atoms with Gasteiger partial charge in [-0.1, -0.05) is 22.9 Å². The number of rotatable bonds is 8. The maximum atomic E-state index is 12.5. The number of benzene rings is 1. The monoisotopic (exact) mass is 440 g/mol. The van der Waals surface area contributed by atoms with Gasteiger partial charge in [-0.2, -0.15) is 4.99 Å². The zero-order valence-corrected chi connectivity index (χ0v) is 18.2. The summed E-state index contributed by atoms with van der Waals surface area (Å²) < 4.78 is 19.9. The molecule has 1 aromatic carbocycles. The molecule has 0 saturated carbocycles. The number of hydrogen-bond donors (Lipinski definition) is 0. The quantitative estimate of drug-likeness (QED) is 0.494. The summed E-state index contributed by atoms with van der Waals surface area (Å²) in [5.41, 5.74) is 0.924. The third-order valence-electron chi connectivity index (χ3n) is 4.03. The number of fused-ring (bicyclic) bond motifs is 1. The smallest absolute Gasteiger partial charge is 0.253 e. The standard InChI is InChI=1S/C19H21ClN2O4S2/c1-4-26-8-7-22-13-10-14(24-2)15(25-3)11-16(13)28-19(22)21-18(23)9-12-5-6-17(20)27-12/h5-6,10-11H,4,7-9H2,1-3H3. The maximum absolute atomic E-state index is 12.5. The normalized spacial score (nSPS) is 11.9. The van der Waals surface area contributed by atoms with Gasteiger partial charge in [0, 0.05) is 30.2 Å². The van der Waals surface area contributed by atoms with Crippen molar-refractivity contribution in [1.29, 1.82) is 0 Å². The van der Waals surface area contributed by atoms with Crippen LogP contribution < -0.4 is 14.3 Å². The van der Waals surface area contributed by atoms with Gasteiger partial charge in [-0.25, -0.2) is 0 Å². The number of halogens is 1. The minimum Gasteiger partial charge on any atom is -0.493 e. The van der Waals surface area contributed by atoms with Crippen LogP contribution in [0.4, 0.5) is 0 Å². The molecule has 0 aliphatic carbocycles. The topological polar surface area (TPSA) is 62.1 Å². The SMILES string of the molecule is CCOCCn1c(=NC(=O)Cc2ccc(Cl)s2)sc2cc(OC)c(OC)cc21. The first kappa shape index (κ1) is 20.9. The first-order valence-corrected chi connectivity index (χ1v) is 10.7. The highest BCUT2D eigenvalue weighted by atomic mass is 35.5. The molecule has 1 amide bonds. The predicted octanol–water partition coefficient (Wildman–Crippen LogP) is 4.14. The molecule has 3 aromatic rings. The van der Waals surface area contributed by atoms with E-state index in [1.54, 1.807) is 20.3 Å². The fraction of sp³-hybridized carbons (Fsp3) is 0.368. The Balaban J connectivity index is 2.03. The lowest BCUT2D eigenvalue weighted by atomic mass is 10.3. The van der Waals surface area contributed by atoms with Crippen LogP contribution >= 0.6 is 34.3 Å². The van der Waals surface area contributed by atoms with Crippen molar-refractivity contribution in [3.8, 4) is 11.5 Å². The van der Waals surface area contributed by atoms with Crippen LogP contribution in [0, 0.1) is 0 Å². The molecule has 6 nitrogen and oxygen atoms in total. The molecular formula is C19H21ClN2O4S2. The van der Waals surface area contributed by atoms with E-state index >= 15 is 0 Å². The van der Waals surface area contributed by atoms with E-state index in [1.807, 2.05) is 29.7 Å². The molecule has 0 aliphatic rings. The second-order valence-electron chi connectivity index (χ2n) is 5.80. The van der Waals surface area contributed by atoms with Gasteiger partial charge < -0.3 is 18.8 Å². The Bertz CT molecular complexity index is 1040. The first-order valence-electron chi connectivity index (χ1n) is 8.70. The maximum Gasteiger partial charge on any atom is 0.253 e. The summed E-state index contributed by atoms with van der Waals surface area (Å²) in [7, 11) is 3.20. The summed E-state index contributed by atoms with van der Waals surface area (Å²) in [6, 6.07) is 7.44. The molecule has 0 atom stereocenters. The zero-order chi connectivity index (χ0) is 20.1. The van der Waals surface area contributed by atoms with E-state index in [2.05, 4.69) is 4.99 Å². The number of carbonyl (C=O) groups is 1. The van der Waals surface area contributed by atoms with Crippen LogP contribution in [0.25, 0.3) is 10.2 Å². The Kier molecular flexibility index (Phi) is 7.12. The van der Waals surface area contributed by atoms with Crippen molar-refractivity contribution in [3.05, 3.63) is 38.3 Å². The number of thiazole rings is 1. The van der Waals surface area contributed by atoms with Crippen LogP contribution in [0.1, 0.15) is 11.8 Å². The van der Waals surface area contributed by atoms with Crippen molar-refractivity contribution < 1.29 is 19.0 Å². The number of aromatic nitrogens is 1. The van der Waals surface area contributed by atoms with Crippen molar-refractivity contribution >= 4 is 50.4 Å². The third kappa shape index (κ3) is 4.75. The molecule has 0 fully saturated rings. The zero-order valence-electron chi connectivity index (χ0n) is 15.9. The van der Waals surface area contributed by atoms with Crippen molar-refractivity contribution in [3.63, 3.8) is 0 Å². The van der Waals surface area contributed by atoms with Gasteiger partial charge in [0.15, 0.2) is 16.3 Å². The minimum absolute atomic E-state index is 0.214. The van der Waals surface area contributed by atoms with E-state index in [9.17, 15) is 4.79 Å². The summed E-state index contributed by atoms with van der Waals surface area (Å²) >= 11 is 8.77. The lowest BCUT2D eigenvalue weighted by Crippen LogP contribution is -2.20. The summed E-state index contributed by atoms with van der Waals surface area (Å²) in [6.07, 6.45) is 0.226. The van der Waals surface area contributed by atoms with Gasteiger partial charge in [0.1, 0.15) is 0 Å². The van der Waals surface area contributed by atoms with Gasteiger partial charge in [0.05, 0.1) is 41.8 Å². The fourth-order valence-corrected chi connectivity index (χ4v) is 4.90. The number of ether oxygens (including phenoxy) is 3. The van der Waals surface area contributed by atoms with Gasteiger partial charge in [-0.3, -0.25) is 4.79 Å². The van der Waals surface area contributed by atoms with Crippen LogP contribution in [0.2, 0.25) is 4.34 Å². The van der Waals surface area contributed by atoms with Gasteiger partial charge in [-0.05, 0) is 19.1 Å². The molecule has 0 radical (unpaired) electrons. The highest BCUT2D eigenvalue weighted by Crippen LogP contribution is 2.33. The fourth-order valence-electron chi connectivity index (χ4n) is 2.74. The van der Waals surface area contributed by atoms with E-state index in [0.717, 1.165) is 15.1 Å². The average molecular weight is 441 g/mol. The van der Waals surface area contributed by atoms with Gasteiger partial charge in [0.25, 0.3) is 5.91 Å². The molecule has 2 aromatic heterocycles. The van der Waals surface area contributed by atoms with Crippen molar-refractivity contribution in [2.24, 2.45) is 4.99 Å². The lowest BCUT2D eigenvalue weighted by Gasteiger charge is -2.09. The number of hydrogen-bond acceptors (Lipinski definition) is 6. The first-order chi connectivity index (χ1) is 13.5. The minimum atomic E-state index is -0.214. The highest BCUT2D eigenvalue weighted by molar-refractivity contribution is 7.16. The molecule has 0 spiro atoms. The Morgan fingerprint density at radius 2 is 1.93 bits per heavy atom. The lowest BCUT2D eigenvalue weighted by molar-refractivity contribution is -0.117. The summed E-state index contributed by atoms with van der Waals surface area (Å²) in [4.78, 5) is 18.4. The van der Waals surface area contributed by atoms with E-state index < -0.39 is 0 Å². The molecule has 28 heavy (non-hydrogen) atoms. The van der Waals surface area contributed by atoms with Crippen LogP contribution in [0.15, 0.2) is 29.3 Å². The van der Waals surface area contributed by atoms with E-state index in [4.69, 9.17) is 25.8 Å². The molecule has 9 heteroatoms. The van der Waals surface area contributed by atoms with Gasteiger partial charge in [-0.15, -0.1) is 11.3 Å². The number of nitrogens with zero attached hydrogens (tertiary/aromatic N) is 2. The van der Waals surface area contributed by atoms with Crippen molar-refractivity contribution in [1.82, 2.24) is 4.57 Å². The molecular weight excluding hydrogens is 420 g/mol. The van der Waals surface area contributed by atoms with Crippen molar-refractivity contribution in [2.45, 2.75) is 19.9 Å². The molecule has 0 bridgehead atoms. The Morgan fingerprint density at radius 3 is 2.57 bits per heavy atom. The molecule has 0 unspecified atom stereocenters. The second kappa shape index (κ2) is 9.56. The van der Waals surface area contributed by atoms with Crippen LogP contribution in [0.5, 0.6) is 11.5 Å². The Hall–Kier alpha value is -1.87. The molecule has 2 heterocycles. The van der Waals surface area contributed by atoms with Crippen LogP contribution in [-0.4, -0.2) is 37.9 Å². The summed E-state index contributed by atoms with van der Waals surface area (Å²) in [5.74, 6) is 1.05. The van der Waals surface area contributed by atoms with E-state index in [0.29, 0.717) is 40.4 Å². The highest BCUT2D eigenvalue weighted by Gasteiger charge is 2.14. The van der Waals surface area contributed by atoms with E-state index in [-0.39, 0.29) is 12.3 Å². The predicted molar refractivity (Wildman–Crippen MR) is 113 cm³/mol. The van der Waals surface area contributed by atoms with E-state index in [1.165, 1.54) is 22.7 Å². The summed E-state index contributed by atoms with van der Waals surface area (Å²) in [5, 5.41) is 0. The number of methoxy groups -OCH3 is 2. The number of carbonyl (C=O) groups excluding carboxylic acids is 1. The Labute approximate surface area is 176 Å². The van der Waals surface area contributed by atoms with Gasteiger partial charge in [0.2, 0.25) is 0 Å². The van der Waals surface area contributed by atoms with Gasteiger partial charge >= 0.3 is 0 Å². The molecule has 0 N–H and O–H groups in total. The van der Waals surface area contributed by atoms with Crippen LogP contribution in [0.3, 0.4) is 0 Å². The third-order valence-corrected chi connectivity index (χ3v) is 6.30. The largest absolute Gasteiger partial charge is 0.493 e. The summed E-state index contributed by atoms with van der Waals surface area (Å²) in [6.45, 7) is 3.69. The van der Waals surface area contributed by atoms with Crippen molar-refractivity contribution in [2.75, 3.05) is 27.4 Å². The Morgan fingerprint density at radius 1 is 1.18 bits per heavy atom. The number of amides is 1. The molecule has 0 saturated heterocycles. The average Bonchev–Trinajstić information content (AvgIpc) is 3.23. The number of thiophene rings is 1.